The van der Waals surface area contributed by atoms with Gasteiger partial charge in [-0.25, -0.2) is 12.9 Å². The standard InChI is InChI=1S/C26H26N6O3S/c1-18-8-10-22(11-9-18)36(34,35)23-13-24-25(33)31(15-20-6-3-2-5-19(20)14-27)26(29-32(24)17-23)30-12-4-7-21(28)16-30/h2-3,5-6,8-11,13,17,21H,4,7,12,15-16,28H2,1H3/t21-/m1/s1. The van der Waals surface area contributed by atoms with Crippen LogP contribution in [0.4, 0.5) is 5.95 Å². The molecule has 9 nitrogen and oxygen atoms in total. The molecule has 1 saturated heterocycles. The molecule has 2 aromatic carbocycles. The number of nitrogens with two attached hydrogens (primary N) is 1. The maximum absolute atomic E-state index is 13.8. The van der Waals surface area contributed by atoms with E-state index >= 15 is 0 Å². The Hall–Kier alpha value is -3.94. The number of benzene rings is 2. The summed E-state index contributed by atoms with van der Waals surface area (Å²) in [6.45, 7) is 3.20. The number of nitrogens with zero attached hydrogens (tertiary/aromatic N) is 5. The Morgan fingerprint density at radius 1 is 1.14 bits per heavy atom. The Bertz CT molecular complexity index is 1650. The fraction of sp³-hybridized carbons (Fsp3) is 0.269. The van der Waals surface area contributed by atoms with Crippen LogP contribution >= 0.6 is 0 Å². The van der Waals surface area contributed by atoms with E-state index in [1.165, 1.54) is 21.3 Å². The predicted octanol–water partition coefficient (Wildman–Crippen LogP) is 2.48. The second-order valence-electron chi connectivity index (χ2n) is 9.13. The molecule has 2 aromatic heterocycles. The van der Waals surface area contributed by atoms with Crippen molar-refractivity contribution >= 4 is 21.3 Å². The molecule has 0 spiro atoms. The molecule has 0 aliphatic carbocycles. The van der Waals surface area contributed by atoms with Gasteiger partial charge in [-0.05, 0) is 49.6 Å². The van der Waals surface area contributed by atoms with Crippen LogP contribution in [0.2, 0.25) is 0 Å². The Kier molecular flexibility index (Phi) is 6.12. The molecule has 1 fully saturated rings. The summed E-state index contributed by atoms with van der Waals surface area (Å²) in [6, 6.07) is 17.1. The van der Waals surface area contributed by atoms with Gasteiger partial charge in [0.2, 0.25) is 15.8 Å². The maximum atomic E-state index is 13.8. The van der Waals surface area contributed by atoms with Gasteiger partial charge in [-0.3, -0.25) is 9.36 Å². The van der Waals surface area contributed by atoms with Crippen molar-refractivity contribution in [3.8, 4) is 6.07 Å². The van der Waals surface area contributed by atoms with Gasteiger partial charge in [-0.1, -0.05) is 35.9 Å². The van der Waals surface area contributed by atoms with Gasteiger partial charge in [0.05, 0.1) is 28.0 Å². The first kappa shape index (κ1) is 23.8. The molecule has 0 unspecified atom stereocenters. The molecule has 0 bridgehead atoms. The quantitative estimate of drug-likeness (QED) is 0.444. The van der Waals surface area contributed by atoms with Gasteiger partial charge in [0.15, 0.2) is 0 Å². The second-order valence-corrected chi connectivity index (χ2v) is 11.1. The molecule has 184 valence electrons. The van der Waals surface area contributed by atoms with Crippen molar-refractivity contribution in [2.75, 3.05) is 18.0 Å². The topological polar surface area (TPSA) is 126 Å². The van der Waals surface area contributed by atoms with E-state index in [-0.39, 0.29) is 27.9 Å². The van der Waals surface area contributed by atoms with E-state index < -0.39 is 15.4 Å². The summed E-state index contributed by atoms with van der Waals surface area (Å²) in [6.07, 6.45) is 3.11. The van der Waals surface area contributed by atoms with E-state index in [0.29, 0.717) is 30.2 Å². The number of aryl methyl sites for hydroxylation is 1. The van der Waals surface area contributed by atoms with E-state index in [9.17, 15) is 18.5 Å². The average molecular weight is 503 g/mol. The van der Waals surface area contributed by atoms with Crippen LogP contribution in [0.3, 0.4) is 0 Å². The van der Waals surface area contributed by atoms with E-state index in [4.69, 9.17) is 10.8 Å². The lowest BCUT2D eigenvalue weighted by Crippen LogP contribution is -2.46. The first-order chi connectivity index (χ1) is 17.3. The molecule has 0 saturated carbocycles. The van der Waals surface area contributed by atoms with Gasteiger partial charge >= 0.3 is 0 Å². The number of hydrogen-bond donors (Lipinski definition) is 1. The highest BCUT2D eigenvalue weighted by Gasteiger charge is 2.26. The lowest BCUT2D eigenvalue weighted by Gasteiger charge is -2.32. The molecule has 10 heteroatoms. The molecule has 5 rings (SSSR count). The van der Waals surface area contributed by atoms with Crippen LogP contribution in [-0.2, 0) is 16.4 Å². The fourth-order valence-electron chi connectivity index (χ4n) is 4.56. The molecule has 1 aliphatic rings. The zero-order valence-corrected chi connectivity index (χ0v) is 20.6. The van der Waals surface area contributed by atoms with Gasteiger partial charge in [0.25, 0.3) is 5.56 Å². The Labute approximate surface area is 208 Å². The lowest BCUT2D eigenvalue weighted by molar-refractivity contribution is 0.487. The number of rotatable bonds is 5. The van der Waals surface area contributed by atoms with Crippen molar-refractivity contribution in [1.82, 2.24) is 14.2 Å². The van der Waals surface area contributed by atoms with Crippen LogP contribution in [0.5, 0.6) is 0 Å². The highest BCUT2D eigenvalue weighted by molar-refractivity contribution is 7.91. The Morgan fingerprint density at radius 2 is 1.89 bits per heavy atom. The summed E-state index contributed by atoms with van der Waals surface area (Å²) >= 11 is 0. The predicted molar refractivity (Wildman–Crippen MR) is 136 cm³/mol. The van der Waals surface area contributed by atoms with Crippen molar-refractivity contribution in [1.29, 1.82) is 5.26 Å². The molecule has 2 N–H and O–H groups in total. The number of fused-ring (bicyclic) bond motifs is 1. The van der Waals surface area contributed by atoms with Gasteiger partial charge in [0.1, 0.15) is 5.52 Å². The minimum Gasteiger partial charge on any atom is -0.339 e. The van der Waals surface area contributed by atoms with E-state index in [1.807, 2.05) is 17.9 Å². The Morgan fingerprint density at radius 3 is 2.61 bits per heavy atom. The molecule has 3 heterocycles. The minimum atomic E-state index is -3.85. The molecule has 4 aromatic rings. The third kappa shape index (κ3) is 4.27. The van der Waals surface area contributed by atoms with Crippen LogP contribution in [0, 0.1) is 18.3 Å². The summed E-state index contributed by atoms with van der Waals surface area (Å²) in [7, 11) is -3.85. The summed E-state index contributed by atoms with van der Waals surface area (Å²) in [5, 5.41) is 14.2. The molecule has 36 heavy (non-hydrogen) atoms. The third-order valence-electron chi connectivity index (χ3n) is 6.53. The molecular formula is C26H26N6O3S. The van der Waals surface area contributed by atoms with Crippen LogP contribution in [-0.4, -0.2) is 41.7 Å². The lowest BCUT2D eigenvalue weighted by atomic mass is 10.1. The van der Waals surface area contributed by atoms with Gasteiger partial charge in [0, 0.05) is 25.3 Å². The number of nitriles is 1. The number of piperidine rings is 1. The number of sulfone groups is 1. The van der Waals surface area contributed by atoms with Crippen LogP contribution in [0.1, 0.15) is 29.5 Å². The van der Waals surface area contributed by atoms with Gasteiger partial charge < -0.3 is 10.6 Å². The Balaban J connectivity index is 1.68. The van der Waals surface area contributed by atoms with Crippen LogP contribution in [0.15, 0.2) is 75.4 Å². The molecule has 0 radical (unpaired) electrons. The molecule has 1 atom stereocenters. The number of hydrogen-bond acceptors (Lipinski definition) is 7. The zero-order valence-electron chi connectivity index (χ0n) is 19.8. The van der Waals surface area contributed by atoms with Crippen LogP contribution < -0.4 is 16.2 Å². The van der Waals surface area contributed by atoms with Crippen molar-refractivity contribution in [2.45, 2.75) is 42.1 Å². The maximum Gasteiger partial charge on any atom is 0.279 e. The van der Waals surface area contributed by atoms with E-state index in [0.717, 1.165) is 18.4 Å². The minimum absolute atomic E-state index is 0.00702. The van der Waals surface area contributed by atoms with Crippen LogP contribution in [0.25, 0.3) is 5.52 Å². The van der Waals surface area contributed by atoms with Crippen molar-refractivity contribution in [2.24, 2.45) is 5.73 Å². The van der Waals surface area contributed by atoms with E-state index in [2.05, 4.69) is 6.07 Å². The first-order valence-corrected chi connectivity index (χ1v) is 13.2. The zero-order chi connectivity index (χ0) is 25.4. The van der Waals surface area contributed by atoms with Crippen molar-refractivity contribution < 1.29 is 8.42 Å². The third-order valence-corrected chi connectivity index (χ3v) is 8.26. The summed E-state index contributed by atoms with van der Waals surface area (Å²) in [5.41, 5.74) is 8.04. The van der Waals surface area contributed by atoms with E-state index in [1.54, 1.807) is 42.5 Å². The largest absolute Gasteiger partial charge is 0.339 e. The monoisotopic (exact) mass is 502 g/mol. The molecule has 1 aliphatic heterocycles. The normalized spacial score (nSPS) is 16.2. The highest BCUT2D eigenvalue weighted by atomic mass is 32.2. The van der Waals surface area contributed by atoms with Crippen molar-refractivity contribution in [3.05, 3.63) is 87.8 Å². The summed E-state index contributed by atoms with van der Waals surface area (Å²) in [5.74, 6) is 0.394. The van der Waals surface area contributed by atoms with Gasteiger partial charge in [-0.15, -0.1) is 5.10 Å². The number of anilines is 1. The molecular weight excluding hydrogens is 476 g/mol. The SMILES string of the molecule is Cc1ccc(S(=O)(=O)c2cc3c(=O)n(Cc4ccccc4C#N)c(N4CCC[C@@H](N)C4)nn3c2)cc1. The average Bonchev–Trinajstić information content (AvgIpc) is 3.32. The van der Waals surface area contributed by atoms with Gasteiger partial charge in [-0.2, -0.15) is 5.26 Å². The number of aromatic nitrogens is 3. The van der Waals surface area contributed by atoms with Crippen molar-refractivity contribution in [3.63, 3.8) is 0 Å². The second kappa shape index (κ2) is 9.26. The smallest absolute Gasteiger partial charge is 0.279 e. The fourth-order valence-corrected chi connectivity index (χ4v) is 5.83. The molecule has 0 amide bonds. The summed E-state index contributed by atoms with van der Waals surface area (Å²) < 4.78 is 29.4. The summed E-state index contributed by atoms with van der Waals surface area (Å²) in [4.78, 5) is 15.9. The first-order valence-electron chi connectivity index (χ1n) is 11.7. The highest BCUT2D eigenvalue weighted by Crippen LogP contribution is 2.24.